The Kier molecular flexibility index (Phi) is 3.70. The molecule has 2 nitrogen and oxygen atoms in total. The number of benzene rings is 1. The summed E-state index contributed by atoms with van der Waals surface area (Å²) in [5.41, 5.74) is 0.850. The molecule has 4 heteroatoms. The summed E-state index contributed by atoms with van der Waals surface area (Å²) in [4.78, 5) is 2.19. The molecule has 1 heterocycles. The van der Waals surface area contributed by atoms with E-state index in [1.165, 1.54) is 12.1 Å². The quantitative estimate of drug-likeness (QED) is 0.806. The lowest BCUT2D eigenvalue weighted by Crippen LogP contribution is -2.21. The molecule has 2 rings (SSSR count). The van der Waals surface area contributed by atoms with Crippen molar-refractivity contribution in [1.29, 1.82) is 5.26 Å². The molecule has 1 unspecified atom stereocenters. The SMILES string of the molecule is N#CCCN1CCC(c2ccc(F)c(F)c2)C1. The van der Waals surface area contributed by atoms with Crippen LogP contribution in [0.5, 0.6) is 0 Å². The molecule has 0 spiro atoms. The number of hydrogen-bond acceptors (Lipinski definition) is 2. The minimum absolute atomic E-state index is 0.254. The first-order chi connectivity index (χ1) is 8.20. The summed E-state index contributed by atoms with van der Waals surface area (Å²) in [6, 6.07) is 6.23. The summed E-state index contributed by atoms with van der Waals surface area (Å²) in [5, 5.41) is 8.51. The molecule has 0 bridgehead atoms. The lowest BCUT2D eigenvalue weighted by atomic mass is 9.98. The number of halogens is 2. The largest absolute Gasteiger partial charge is 0.302 e. The van der Waals surface area contributed by atoms with Crippen molar-refractivity contribution in [2.24, 2.45) is 0 Å². The third-order valence-corrected chi connectivity index (χ3v) is 3.23. The first-order valence-corrected chi connectivity index (χ1v) is 5.75. The van der Waals surface area contributed by atoms with Crippen molar-refractivity contribution in [3.8, 4) is 6.07 Å². The van der Waals surface area contributed by atoms with Gasteiger partial charge in [0.05, 0.1) is 6.07 Å². The van der Waals surface area contributed by atoms with E-state index in [2.05, 4.69) is 11.0 Å². The Bertz CT molecular complexity index is 440. The van der Waals surface area contributed by atoms with Crippen LogP contribution in [0.2, 0.25) is 0 Å². The lowest BCUT2D eigenvalue weighted by Gasteiger charge is -2.14. The minimum atomic E-state index is -0.798. The Balaban J connectivity index is 2.00. The third kappa shape index (κ3) is 2.80. The standard InChI is InChI=1S/C13H14F2N2/c14-12-3-2-10(8-13(12)15)11-4-7-17(9-11)6-1-5-16/h2-3,8,11H,1,4,6-7,9H2. The number of nitrogens with zero attached hydrogens (tertiary/aromatic N) is 2. The molecule has 0 N–H and O–H groups in total. The van der Waals surface area contributed by atoms with Gasteiger partial charge in [0.2, 0.25) is 0 Å². The molecule has 90 valence electrons. The van der Waals surface area contributed by atoms with Crippen LogP contribution in [0.1, 0.15) is 24.3 Å². The molecule has 1 aromatic carbocycles. The number of likely N-dealkylation sites (tertiary alicyclic amines) is 1. The van der Waals surface area contributed by atoms with Gasteiger partial charge in [-0.25, -0.2) is 8.78 Å². The van der Waals surface area contributed by atoms with Crippen LogP contribution in [0.15, 0.2) is 18.2 Å². The summed E-state index contributed by atoms with van der Waals surface area (Å²) in [7, 11) is 0. The van der Waals surface area contributed by atoms with Crippen LogP contribution in [0.4, 0.5) is 8.78 Å². The second-order valence-corrected chi connectivity index (χ2v) is 4.37. The minimum Gasteiger partial charge on any atom is -0.302 e. The Hall–Kier alpha value is -1.47. The molecule has 1 atom stereocenters. The molecule has 0 aliphatic carbocycles. The highest BCUT2D eigenvalue weighted by atomic mass is 19.2. The molecule has 0 radical (unpaired) electrons. The zero-order chi connectivity index (χ0) is 12.3. The topological polar surface area (TPSA) is 27.0 Å². The molecule has 0 aromatic heterocycles. The second kappa shape index (κ2) is 5.24. The van der Waals surface area contributed by atoms with Crippen LogP contribution in [-0.4, -0.2) is 24.5 Å². The maximum atomic E-state index is 13.1. The van der Waals surface area contributed by atoms with Gasteiger partial charge in [-0.2, -0.15) is 5.26 Å². The Labute approximate surface area is 99.5 Å². The average Bonchev–Trinajstić information content (AvgIpc) is 2.79. The normalized spacial score (nSPS) is 20.4. The van der Waals surface area contributed by atoms with Crippen LogP contribution in [0.3, 0.4) is 0 Å². The zero-order valence-electron chi connectivity index (χ0n) is 9.50. The summed E-state index contributed by atoms with van der Waals surface area (Å²) in [6.07, 6.45) is 1.46. The fourth-order valence-corrected chi connectivity index (χ4v) is 2.28. The molecule has 1 aromatic rings. The van der Waals surface area contributed by atoms with Crippen molar-refractivity contribution in [2.45, 2.75) is 18.8 Å². The van der Waals surface area contributed by atoms with Crippen LogP contribution >= 0.6 is 0 Å². The fourth-order valence-electron chi connectivity index (χ4n) is 2.28. The van der Waals surface area contributed by atoms with Gasteiger partial charge in [0, 0.05) is 19.5 Å². The van der Waals surface area contributed by atoms with Crippen molar-refractivity contribution >= 4 is 0 Å². The molecule has 1 fully saturated rings. The summed E-state index contributed by atoms with van der Waals surface area (Å²) < 4.78 is 25.9. The van der Waals surface area contributed by atoms with E-state index in [0.717, 1.165) is 31.6 Å². The highest BCUT2D eigenvalue weighted by molar-refractivity contribution is 5.23. The summed E-state index contributed by atoms with van der Waals surface area (Å²) >= 11 is 0. The van der Waals surface area contributed by atoms with Crippen LogP contribution in [0.25, 0.3) is 0 Å². The van der Waals surface area contributed by atoms with Gasteiger partial charge < -0.3 is 4.90 Å². The van der Waals surface area contributed by atoms with Crippen LogP contribution < -0.4 is 0 Å². The highest BCUT2D eigenvalue weighted by Crippen LogP contribution is 2.28. The van der Waals surface area contributed by atoms with E-state index < -0.39 is 11.6 Å². The van der Waals surface area contributed by atoms with Crippen molar-refractivity contribution in [3.63, 3.8) is 0 Å². The van der Waals surface area contributed by atoms with E-state index in [1.54, 1.807) is 6.07 Å². The molecular weight excluding hydrogens is 222 g/mol. The highest BCUT2D eigenvalue weighted by Gasteiger charge is 2.23. The molecular formula is C13H14F2N2. The Morgan fingerprint density at radius 2 is 2.18 bits per heavy atom. The van der Waals surface area contributed by atoms with Gasteiger partial charge in [-0.1, -0.05) is 6.07 Å². The fraction of sp³-hybridized carbons (Fsp3) is 0.462. The first-order valence-electron chi connectivity index (χ1n) is 5.75. The van der Waals surface area contributed by atoms with Crippen molar-refractivity contribution in [3.05, 3.63) is 35.4 Å². The average molecular weight is 236 g/mol. The van der Waals surface area contributed by atoms with E-state index in [1.807, 2.05) is 0 Å². The molecule has 1 aliphatic heterocycles. The summed E-state index contributed by atoms with van der Waals surface area (Å²) in [5.74, 6) is -1.32. The maximum absolute atomic E-state index is 13.1. The van der Waals surface area contributed by atoms with E-state index in [-0.39, 0.29) is 5.92 Å². The molecule has 0 amide bonds. The number of nitriles is 1. The van der Waals surface area contributed by atoms with Gasteiger partial charge >= 0.3 is 0 Å². The first kappa shape index (κ1) is 12.0. The smallest absolute Gasteiger partial charge is 0.159 e. The van der Waals surface area contributed by atoms with E-state index >= 15 is 0 Å². The van der Waals surface area contributed by atoms with Gasteiger partial charge in [-0.3, -0.25) is 0 Å². The predicted molar refractivity (Wildman–Crippen MR) is 60.4 cm³/mol. The third-order valence-electron chi connectivity index (χ3n) is 3.23. The van der Waals surface area contributed by atoms with Gasteiger partial charge in [-0.05, 0) is 36.6 Å². The predicted octanol–water partition coefficient (Wildman–Crippen LogP) is 2.67. The Morgan fingerprint density at radius 3 is 2.88 bits per heavy atom. The molecule has 1 saturated heterocycles. The monoisotopic (exact) mass is 236 g/mol. The van der Waals surface area contributed by atoms with Crippen molar-refractivity contribution in [2.75, 3.05) is 19.6 Å². The van der Waals surface area contributed by atoms with E-state index in [4.69, 9.17) is 5.26 Å². The van der Waals surface area contributed by atoms with E-state index in [9.17, 15) is 8.78 Å². The maximum Gasteiger partial charge on any atom is 0.159 e. The van der Waals surface area contributed by atoms with Gasteiger partial charge in [-0.15, -0.1) is 0 Å². The Morgan fingerprint density at radius 1 is 1.35 bits per heavy atom. The lowest BCUT2D eigenvalue weighted by molar-refractivity contribution is 0.342. The van der Waals surface area contributed by atoms with Crippen LogP contribution in [0, 0.1) is 23.0 Å². The van der Waals surface area contributed by atoms with Crippen LogP contribution in [-0.2, 0) is 0 Å². The van der Waals surface area contributed by atoms with Gasteiger partial charge in [0.1, 0.15) is 0 Å². The molecule has 17 heavy (non-hydrogen) atoms. The molecule has 0 saturated carbocycles. The van der Waals surface area contributed by atoms with Gasteiger partial charge in [0.15, 0.2) is 11.6 Å². The summed E-state index contributed by atoms with van der Waals surface area (Å²) in [6.45, 7) is 2.51. The van der Waals surface area contributed by atoms with Gasteiger partial charge in [0.25, 0.3) is 0 Å². The van der Waals surface area contributed by atoms with E-state index in [0.29, 0.717) is 6.42 Å². The van der Waals surface area contributed by atoms with Crippen molar-refractivity contribution < 1.29 is 8.78 Å². The number of rotatable bonds is 3. The van der Waals surface area contributed by atoms with Crippen molar-refractivity contribution in [1.82, 2.24) is 4.90 Å². The second-order valence-electron chi connectivity index (χ2n) is 4.37. The molecule has 1 aliphatic rings. The zero-order valence-corrected chi connectivity index (χ0v) is 9.50. The number of hydrogen-bond donors (Lipinski definition) is 0.